The van der Waals surface area contributed by atoms with Gasteiger partial charge in [0.2, 0.25) is 0 Å². The van der Waals surface area contributed by atoms with Crippen molar-refractivity contribution in [3.63, 3.8) is 0 Å². The van der Waals surface area contributed by atoms with E-state index in [0.717, 1.165) is 19.6 Å². The molecule has 11 heavy (non-hydrogen) atoms. The highest BCUT2D eigenvalue weighted by molar-refractivity contribution is 4.98. The van der Waals surface area contributed by atoms with Crippen molar-refractivity contribution >= 4 is 0 Å². The summed E-state index contributed by atoms with van der Waals surface area (Å²) < 4.78 is 5.01. The second kappa shape index (κ2) is 3.88. The van der Waals surface area contributed by atoms with Crippen LogP contribution in [-0.2, 0) is 4.74 Å². The van der Waals surface area contributed by atoms with Gasteiger partial charge in [-0.25, -0.2) is 0 Å². The molecule has 1 aliphatic heterocycles. The molecular formula is C9H16O2. The normalized spacial score (nSPS) is 20.6. The first-order valence-electron chi connectivity index (χ1n) is 4.09. The van der Waals surface area contributed by atoms with E-state index in [2.05, 4.69) is 0 Å². The summed E-state index contributed by atoms with van der Waals surface area (Å²) in [7, 11) is 0. The molecule has 0 aromatic heterocycles. The molecule has 2 heteroatoms. The highest BCUT2D eigenvalue weighted by Crippen LogP contribution is 2.17. The number of hydrogen-bond acceptors (Lipinski definition) is 2. The van der Waals surface area contributed by atoms with Crippen LogP contribution in [0.2, 0.25) is 0 Å². The summed E-state index contributed by atoms with van der Waals surface area (Å²) in [4.78, 5) is 0. The van der Waals surface area contributed by atoms with Crippen LogP contribution in [0.5, 0.6) is 0 Å². The van der Waals surface area contributed by atoms with Crippen molar-refractivity contribution in [2.24, 2.45) is 5.92 Å². The summed E-state index contributed by atoms with van der Waals surface area (Å²) in [5, 5.41) is 9.42. The molecule has 0 amide bonds. The zero-order chi connectivity index (χ0) is 8.27. The van der Waals surface area contributed by atoms with E-state index in [1.54, 1.807) is 0 Å². The van der Waals surface area contributed by atoms with Crippen LogP contribution in [0, 0.1) is 5.92 Å². The molecule has 0 aromatic rings. The Balaban J connectivity index is 2.19. The average molecular weight is 156 g/mol. The Morgan fingerprint density at radius 3 is 2.64 bits per heavy atom. The summed E-state index contributed by atoms with van der Waals surface area (Å²) >= 11 is 0. The number of aliphatic hydroxyl groups is 1. The Kier molecular flexibility index (Phi) is 3.09. The van der Waals surface area contributed by atoms with Crippen LogP contribution in [0.15, 0.2) is 11.6 Å². The molecule has 1 saturated heterocycles. The highest BCUT2D eigenvalue weighted by atomic mass is 16.5. The second-order valence-electron chi connectivity index (χ2n) is 3.45. The summed E-state index contributed by atoms with van der Waals surface area (Å²) in [6.07, 6.45) is 2.48. The number of aliphatic hydroxyl groups excluding tert-OH is 1. The minimum absolute atomic E-state index is 0.270. The lowest BCUT2D eigenvalue weighted by molar-refractivity contribution is -0.0478. The molecule has 0 aromatic carbocycles. The molecule has 0 spiro atoms. The van der Waals surface area contributed by atoms with Gasteiger partial charge >= 0.3 is 0 Å². The quantitative estimate of drug-likeness (QED) is 0.625. The number of hydrogen-bond donors (Lipinski definition) is 1. The zero-order valence-corrected chi connectivity index (χ0v) is 7.21. The summed E-state index contributed by atoms with van der Waals surface area (Å²) in [5.74, 6) is 0.584. The Morgan fingerprint density at radius 2 is 2.27 bits per heavy atom. The predicted molar refractivity (Wildman–Crippen MR) is 44.4 cm³/mol. The third-order valence-electron chi connectivity index (χ3n) is 1.81. The molecule has 1 aliphatic rings. The van der Waals surface area contributed by atoms with Crippen LogP contribution in [0.3, 0.4) is 0 Å². The Bertz CT molecular complexity index is 144. The third kappa shape index (κ3) is 3.04. The monoisotopic (exact) mass is 156 g/mol. The molecule has 1 heterocycles. The van der Waals surface area contributed by atoms with E-state index in [1.807, 2.05) is 19.9 Å². The van der Waals surface area contributed by atoms with Crippen molar-refractivity contribution in [3.8, 4) is 0 Å². The lowest BCUT2D eigenvalue weighted by Crippen LogP contribution is -2.30. The molecule has 64 valence electrons. The topological polar surface area (TPSA) is 29.5 Å². The van der Waals surface area contributed by atoms with Gasteiger partial charge in [0.15, 0.2) is 0 Å². The van der Waals surface area contributed by atoms with Crippen molar-refractivity contribution in [1.29, 1.82) is 0 Å². The number of allylic oxidation sites excluding steroid dienone is 1. The first-order chi connectivity index (χ1) is 5.18. The fraction of sp³-hybridized carbons (Fsp3) is 0.778. The Labute approximate surface area is 67.9 Å². The summed E-state index contributed by atoms with van der Waals surface area (Å²) in [5.41, 5.74) is 1.18. The van der Waals surface area contributed by atoms with Gasteiger partial charge in [0.1, 0.15) is 0 Å². The van der Waals surface area contributed by atoms with Gasteiger partial charge in [0.05, 0.1) is 19.3 Å². The summed E-state index contributed by atoms with van der Waals surface area (Å²) in [6, 6.07) is 0. The minimum Gasteiger partial charge on any atom is -0.389 e. The van der Waals surface area contributed by atoms with Crippen molar-refractivity contribution < 1.29 is 9.84 Å². The minimum atomic E-state index is -0.270. The van der Waals surface area contributed by atoms with Crippen LogP contribution in [0.4, 0.5) is 0 Å². The predicted octanol–water partition coefficient (Wildman–Crippen LogP) is 1.35. The van der Waals surface area contributed by atoms with Gasteiger partial charge in [-0.3, -0.25) is 0 Å². The zero-order valence-electron chi connectivity index (χ0n) is 7.21. The second-order valence-corrected chi connectivity index (χ2v) is 3.45. The van der Waals surface area contributed by atoms with E-state index in [1.165, 1.54) is 5.57 Å². The first kappa shape index (κ1) is 8.75. The van der Waals surface area contributed by atoms with Crippen LogP contribution >= 0.6 is 0 Å². The SMILES string of the molecule is CC(C)=CC(O)CC1COC1. The van der Waals surface area contributed by atoms with Crippen molar-refractivity contribution in [2.75, 3.05) is 13.2 Å². The maximum absolute atomic E-state index is 9.42. The van der Waals surface area contributed by atoms with E-state index in [0.29, 0.717) is 5.92 Å². The molecule has 1 atom stereocenters. The number of ether oxygens (including phenoxy) is 1. The van der Waals surface area contributed by atoms with Gasteiger partial charge in [-0.1, -0.05) is 11.6 Å². The molecule has 2 nitrogen and oxygen atoms in total. The van der Waals surface area contributed by atoms with Gasteiger partial charge in [-0.15, -0.1) is 0 Å². The maximum atomic E-state index is 9.42. The van der Waals surface area contributed by atoms with E-state index in [9.17, 15) is 5.11 Å². The molecular weight excluding hydrogens is 140 g/mol. The lowest BCUT2D eigenvalue weighted by atomic mass is 9.99. The molecule has 1 N–H and O–H groups in total. The van der Waals surface area contributed by atoms with Crippen LogP contribution in [-0.4, -0.2) is 24.4 Å². The fourth-order valence-electron chi connectivity index (χ4n) is 1.21. The Hall–Kier alpha value is -0.340. The van der Waals surface area contributed by atoms with E-state index in [-0.39, 0.29) is 6.10 Å². The molecule has 0 bridgehead atoms. The molecule has 0 saturated carbocycles. The fourth-order valence-corrected chi connectivity index (χ4v) is 1.21. The highest BCUT2D eigenvalue weighted by Gasteiger charge is 2.20. The standard InChI is InChI=1S/C9H16O2/c1-7(2)3-9(10)4-8-5-11-6-8/h3,8-10H,4-6H2,1-2H3. The van der Waals surface area contributed by atoms with Crippen LogP contribution in [0.1, 0.15) is 20.3 Å². The number of rotatable bonds is 3. The largest absolute Gasteiger partial charge is 0.389 e. The van der Waals surface area contributed by atoms with E-state index >= 15 is 0 Å². The maximum Gasteiger partial charge on any atom is 0.0727 e. The van der Waals surface area contributed by atoms with Crippen LogP contribution < -0.4 is 0 Å². The molecule has 1 unspecified atom stereocenters. The van der Waals surface area contributed by atoms with E-state index < -0.39 is 0 Å². The molecule has 0 aliphatic carbocycles. The van der Waals surface area contributed by atoms with Crippen molar-refractivity contribution in [3.05, 3.63) is 11.6 Å². The lowest BCUT2D eigenvalue weighted by Gasteiger charge is -2.27. The third-order valence-corrected chi connectivity index (χ3v) is 1.81. The average Bonchev–Trinajstić information content (AvgIpc) is 1.77. The van der Waals surface area contributed by atoms with Crippen LogP contribution in [0.25, 0.3) is 0 Å². The van der Waals surface area contributed by atoms with Gasteiger partial charge in [-0.05, 0) is 20.3 Å². The smallest absolute Gasteiger partial charge is 0.0727 e. The van der Waals surface area contributed by atoms with Gasteiger partial charge in [-0.2, -0.15) is 0 Å². The van der Waals surface area contributed by atoms with Gasteiger partial charge in [0.25, 0.3) is 0 Å². The molecule has 0 radical (unpaired) electrons. The van der Waals surface area contributed by atoms with Crippen molar-refractivity contribution in [2.45, 2.75) is 26.4 Å². The summed E-state index contributed by atoms with van der Waals surface area (Å²) in [6.45, 7) is 5.66. The van der Waals surface area contributed by atoms with Gasteiger partial charge < -0.3 is 9.84 Å². The van der Waals surface area contributed by atoms with E-state index in [4.69, 9.17) is 4.74 Å². The Morgan fingerprint density at radius 1 is 1.64 bits per heavy atom. The van der Waals surface area contributed by atoms with Gasteiger partial charge in [0, 0.05) is 5.92 Å². The van der Waals surface area contributed by atoms with Crippen molar-refractivity contribution in [1.82, 2.24) is 0 Å². The first-order valence-corrected chi connectivity index (χ1v) is 4.09. The molecule has 1 rings (SSSR count). The molecule has 1 fully saturated rings.